The Bertz CT molecular complexity index is 782. The minimum atomic E-state index is -1.65. The molecule has 0 amide bonds. The molecule has 10 nitrogen and oxygen atoms in total. The summed E-state index contributed by atoms with van der Waals surface area (Å²) in [5.74, 6) is -0.0165. The third-order valence-corrected chi connectivity index (χ3v) is 4.10. The molecule has 0 saturated carbocycles. The van der Waals surface area contributed by atoms with Crippen molar-refractivity contribution in [2.24, 2.45) is 7.05 Å². The Morgan fingerprint density at radius 1 is 1.55 bits per heavy atom. The number of rotatable bonds is 2. The van der Waals surface area contributed by atoms with Crippen LogP contribution in [0, 0.1) is 0 Å². The molecule has 0 bridgehead atoms. The fourth-order valence-corrected chi connectivity index (χ4v) is 2.55. The Morgan fingerprint density at radius 3 is 2.82 bits per heavy atom. The van der Waals surface area contributed by atoms with Crippen LogP contribution in [0.4, 0.5) is 5.95 Å². The van der Waals surface area contributed by atoms with Gasteiger partial charge in [-0.05, 0) is 6.92 Å². The molecular weight excluding hydrogens is 294 g/mol. The van der Waals surface area contributed by atoms with E-state index in [0.717, 1.165) is 4.57 Å². The van der Waals surface area contributed by atoms with E-state index in [4.69, 9.17) is 10.5 Å². The molecular formula is C12H17N5O5. The third kappa shape index (κ3) is 1.85. The number of fused-ring (bicyclic) bond motifs is 1. The lowest BCUT2D eigenvalue weighted by Gasteiger charge is -2.25. The molecule has 1 aliphatic rings. The lowest BCUT2D eigenvalue weighted by molar-refractivity contribution is -0.0804. The quantitative estimate of drug-likeness (QED) is 0.484. The summed E-state index contributed by atoms with van der Waals surface area (Å²) >= 11 is 0. The standard InChI is InChI=1S/C12H17N5O5/c1-12(21)5(3-18)22-10(7(12)19)17-4-14-6-8(17)15-11(13)16(2)9(6)20/h4-5,7,10,18-19,21H,3H2,1-2H3,(H2,13,15)/t5-,7+,10-,12-/m1/s1. The van der Waals surface area contributed by atoms with Gasteiger partial charge in [0, 0.05) is 7.05 Å². The molecule has 120 valence electrons. The molecule has 0 radical (unpaired) electrons. The maximum atomic E-state index is 12.1. The van der Waals surface area contributed by atoms with Gasteiger partial charge < -0.3 is 25.8 Å². The van der Waals surface area contributed by atoms with Crippen LogP contribution in [0.1, 0.15) is 13.2 Å². The maximum Gasteiger partial charge on any atom is 0.282 e. The topological polar surface area (TPSA) is 149 Å². The van der Waals surface area contributed by atoms with Gasteiger partial charge in [-0.3, -0.25) is 13.9 Å². The van der Waals surface area contributed by atoms with E-state index in [9.17, 15) is 20.1 Å². The van der Waals surface area contributed by atoms with Crippen LogP contribution in [0.25, 0.3) is 11.2 Å². The van der Waals surface area contributed by atoms with Crippen LogP contribution >= 0.6 is 0 Å². The predicted octanol–water partition coefficient (Wildman–Crippen LogP) is -2.29. The van der Waals surface area contributed by atoms with Crippen LogP contribution in [0.5, 0.6) is 0 Å². The Morgan fingerprint density at radius 2 is 2.23 bits per heavy atom. The molecule has 0 unspecified atom stereocenters. The molecule has 2 aromatic rings. The van der Waals surface area contributed by atoms with Gasteiger partial charge in [0.05, 0.1) is 12.9 Å². The first kappa shape index (κ1) is 14.9. The largest absolute Gasteiger partial charge is 0.394 e. The minimum Gasteiger partial charge on any atom is -0.394 e. The highest BCUT2D eigenvalue weighted by Gasteiger charge is 2.52. The van der Waals surface area contributed by atoms with Gasteiger partial charge in [0.2, 0.25) is 5.95 Å². The summed E-state index contributed by atoms with van der Waals surface area (Å²) in [5.41, 5.74) is 3.80. The van der Waals surface area contributed by atoms with Gasteiger partial charge in [-0.2, -0.15) is 4.98 Å². The average molecular weight is 311 g/mol. The molecule has 4 atom stereocenters. The molecule has 0 spiro atoms. The molecule has 1 fully saturated rings. The summed E-state index contributed by atoms with van der Waals surface area (Å²) in [6, 6.07) is 0. The molecule has 10 heteroatoms. The number of aliphatic hydroxyl groups is 3. The van der Waals surface area contributed by atoms with Crippen LogP contribution in [0.3, 0.4) is 0 Å². The van der Waals surface area contributed by atoms with E-state index in [1.54, 1.807) is 0 Å². The summed E-state index contributed by atoms with van der Waals surface area (Å²) in [5, 5.41) is 29.8. The summed E-state index contributed by atoms with van der Waals surface area (Å²) < 4.78 is 7.96. The van der Waals surface area contributed by atoms with Crippen molar-refractivity contribution in [1.82, 2.24) is 19.1 Å². The number of hydrogen-bond donors (Lipinski definition) is 4. The number of ether oxygens (including phenoxy) is 1. The first-order chi connectivity index (χ1) is 10.3. The lowest BCUT2D eigenvalue weighted by atomic mass is 9.95. The Hall–Kier alpha value is -2.01. The molecule has 0 aliphatic carbocycles. The first-order valence-corrected chi connectivity index (χ1v) is 6.64. The second-order valence-corrected chi connectivity index (χ2v) is 5.53. The Labute approximate surface area is 124 Å². The number of aromatic nitrogens is 4. The number of hydrogen-bond acceptors (Lipinski definition) is 8. The molecule has 3 heterocycles. The highest BCUT2D eigenvalue weighted by Crippen LogP contribution is 2.37. The van der Waals surface area contributed by atoms with E-state index in [2.05, 4.69) is 9.97 Å². The summed E-state index contributed by atoms with van der Waals surface area (Å²) in [7, 11) is 1.47. The number of nitrogen functional groups attached to an aromatic ring is 1. The molecule has 1 aliphatic heterocycles. The second-order valence-electron chi connectivity index (χ2n) is 5.53. The van der Waals surface area contributed by atoms with Gasteiger partial charge in [0.1, 0.15) is 17.8 Å². The first-order valence-electron chi connectivity index (χ1n) is 6.64. The van der Waals surface area contributed by atoms with Crippen LogP contribution in [0.2, 0.25) is 0 Å². The predicted molar refractivity (Wildman–Crippen MR) is 74.8 cm³/mol. The number of nitrogens with two attached hydrogens (primary N) is 1. The van der Waals surface area contributed by atoms with E-state index in [1.165, 1.54) is 24.9 Å². The van der Waals surface area contributed by atoms with E-state index in [0.29, 0.717) is 0 Å². The average Bonchev–Trinajstić information content (AvgIpc) is 2.97. The fourth-order valence-electron chi connectivity index (χ4n) is 2.55. The van der Waals surface area contributed by atoms with Crippen molar-refractivity contribution in [3.05, 3.63) is 16.7 Å². The summed E-state index contributed by atoms with van der Waals surface area (Å²) in [4.78, 5) is 20.1. The highest BCUT2D eigenvalue weighted by atomic mass is 16.6. The fraction of sp³-hybridized carbons (Fsp3) is 0.583. The normalized spacial score (nSPS) is 32.0. The second kappa shape index (κ2) is 4.74. The van der Waals surface area contributed by atoms with Crippen molar-refractivity contribution in [3.63, 3.8) is 0 Å². The number of aliphatic hydroxyl groups excluding tert-OH is 2. The highest BCUT2D eigenvalue weighted by molar-refractivity contribution is 5.71. The molecule has 5 N–H and O–H groups in total. The Balaban J connectivity index is 2.14. The molecule has 2 aromatic heterocycles. The zero-order valence-electron chi connectivity index (χ0n) is 12.0. The van der Waals surface area contributed by atoms with Crippen molar-refractivity contribution in [1.29, 1.82) is 0 Å². The number of nitrogens with zero attached hydrogens (tertiary/aromatic N) is 4. The van der Waals surface area contributed by atoms with Crippen molar-refractivity contribution >= 4 is 17.1 Å². The van der Waals surface area contributed by atoms with Gasteiger partial charge in [-0.1, -0.05) is 0 Å². The minimum absolute atomic E-state index is 0.0165. The van der Waals surface area contributed by atoms with E-state index in [-0.39, 0.29) is 17.1 Å². The number of imidazole rings is 1. The van der Waals surface area contributed by atoms with Crippen molar-refractivity contribution < 1.29 is 20.1 Å². The zero-order valence-corrected chi connectivity index (χ0v) is 12.0. The number of anilines is 1. The SMILES string of the molecule is Cn1c(N)nc2c(ncn2[C@@H]2O[C@H](CO)[C@@](C)(O)[C@H]2O)c1=O. The van der Waals surface area contributed by atoms with Gasteiger partial charge in [0.15, 0.2) is 17.4 Å². The van der Waals surface area contributed by atoms with Crippen molar-refractivity contribution in [2.75, 3.05) is 12.3 Å². The molecule has 3 rings (SSSR count). The van der Waals surface area contributed by atoms with E-state index in [1.807, 2.05) is 0 Å². The summed E-state index contributed by atoms with van der Waals surface area (Å²) in [6.07, 6.45) is -2.08. The smallest absolute Gasteiger partial charge is 0.282 e. The zero-order chi connectivity index (χ0) is 16.2. The van der Waals surface area contributed by atoms with Crippen molar-refractivity contribution in [2.45, 2.75) is 31.0 Å². The molecule has 1 saturated heterocycles. The van der Waals surface area contributed by atoms with Crippen molar-refractivity contribution in [3.8, 4) is 0 Å². The molecule has 22 heavy (non-hydrogen) atoms. The monoisotopic (exact) mass is 311 g/mol. The van der Waals surface area contributed by atoms with Crippen LogP contribution in [0.15, 0.2) is 11.1 Å². The maximum absolute atomic E-state index is 12.1. The van der Waals surface area contributed by atoms with Crippen LogP contribution < -0.4 is 11.3 Å². The Kier molecular flexibility index (Phi) is 3.22. The van der Waals surface area contributed by atoms with Crippen LogP contribution in [-0.2, 0) is 11.8 Å². The van der Waals surface area contributed by atoms with Gasteiger partial charge in [-0.15, -0.1) is 0 Å². The lowest BCUT2D eigenvalue weighted by Crippen LogP contribution is -2.46. The third-order valence-electron chi connectivity index (χ3n) is 4.10. The van der Waals surface area contributed by atoms with Gasteiger partial charge >= 0.3 is 0 Å². The van der Waals surface area contributed by atoms with Gasteiger partial charge in [0.25, 0.3) is 5.56 Å². The molecule has 0 aromatic carbocycles. The van der Waals surface area contributed by atoms with E-state index < -0.39 is 36.2 Å². The van der Waals surface area contributed by atoms with E-state index >= 15 is 0 Å². The van der Waals surface area contributed by atoms with Gasteiger partial charge in [-0.25, -0.2) is 4.98 Å². The summed E-state index contributed by atoms with van der Waals surface area (Å²) in [6.45, 7) is 0.892. The van der Waals surface area contributed by atoms with Crippen LogP contribution in [-0.4, -0.2) is 58.8 Å².